The van der Waals surface area contributed by atoms with Crippen molar-refractivity contribution in [2.24, 2.45) is 0 Å². The summed E-state index contributed by atoms with van der Waals surface area (Å²) in [6.07, 6.45) is 0.637. The first-order valence-electron chi connectivity index (χ1n) is 3.92. The molecule has 0 spiro atoms. The molecule has 0 aliphatic carbocycles. The molecule has 0 saturated heterocycles. The van der Waals surface area contributed by atoms with Crippen molar-refractivity contribution in [3.8, 4) is 0 Å². The average Bonchev–Trinajstić information content (AvgIpc) is 1.99. The van der Waals surface area contributed by atoms with Crippen LogP contribution < -0.4 is 0 Å². The van der Waals surface area contributed by atoms with Crippen LogP contribution in [0, 0.1) is 0 Å². The summed E-state index contributed by atoms with van der Waals surface area (Å²) in [5, 5.41) is 0. The van der Waals surface area contributed by atoms with E-state index in [0.717, 1.165) is 6.26 Å². The Hall–Kier alpha value is -0.780. The van der Waals surface area contributed by atoms with E-state index >= 15 is 0 Å². The summed E-state index contributed by atoms with van der Waals surface area (Å²) in [6, 6.07) is 0. The Balaban J connectivity index is 3.88. The van der Waals surface area contributed by atoms with E-state index in [2.05, 4.69) is 4.74 Å². The number of carbonyl (C=O) groups excluding carboxylic acids is 1. The van der Waals surface area contributed by atoms with Crippen molar-refractivity contribution in [2.75, 3.05) is 32.2 Å². The van der Waals surface area contributed by atoms with Crippen molar-refractivity contribution < 1.29 is 17.9 Å². The largest absolute Gasteiger partial charge is 0.450 e. The second-order valence-corrected chi connectivity index (χ2v) is 5.01. The van der Waals surface area contributed by atoms with Crippen molar-refractivity contribution in [1.82, 2.24) is 4.90 Å². The Kier molecular flexibility index (Phi) is 4.76. The van der Waals surface area contributed by atoms with Gasteiger partial charge in [0.25, 0.3) is 0 Å². The van der Waals surface area contributed by atoms with Gasteiger partial charge in [0, 0.05) is 19.8 Å². The van der Waals surface area contributed by atoms with E-state index in [0.29, 0.717) is 6.61 Å². The average molecular weight is 209 g/mol. The molecular formula is C7H15NO4S. The van der Waals surface area contributed by atoms with Crippen LogP contribution in [0.1, 0.15) is 6.92 Å². The SMILES string of the molecule is CCOC(=O)N(C)CCS(C)(=O)=O. The number of hydrogen-bond donors (Lipinski definition) is 0. The normalized spacial score (nSPS) is 11.0. The number of ether oxygens (including phenoxy) is 1. The third-order valence-electron chi connectivity index (χ3n) is 1.38. The lowest BCUT2D eigenvalue weighted by Gasteiger charge is -2.15. The Labute approximate surface area is 78.6 Å². The van der Waals surface area contributed by atoms with Crippen LogP contribution in [0.4, 0.5) is 4.79 Å². The van der Waals surface area contributed by atoms with Crippen LogP contribution in [0.25, 0.3) is 0 Å². The highest BCUT2D eigenvalue weighted by Gasteiger charge is 2.11. The Bertz CT molecular complexity index is 260. The van der Waals surface area contributed by atoms with Crippen molar-refractivity contribution >= 4 is 15.9 Å². The van der Waals surface area contributed by atoms with Crippen LogP contribution in [0.2, 0.25) is 0 Å². The number of nitrogens with zero attached hydrogens (tertiary/aromatic N) is 1. The molecule has 78 valence electrons. The zero-order valence-corrected chi connectivity index (χ0v) is 8.93. The van der Waals surface area contributed by atoms with E-state index in [-0.39, 0.29) is 12.3 Å². The highest BCUT2D eigenvalue weighted by atomic mass is 32.2. The van der Waals surface area contributed by atoms with Gasteiger partial charge in [-0.1, -0.05) is 0 Å². The Morgan fingerprint density at radius 2 is 2.00 bits per heavy atom. The van der Waals surface area contributed by atoms with Crippen molar-refractivity contribution in [2.45, 2.75) is 6.92 Å². The molecule has 0 aromatic heterocycles. The molecule has 0 unspecified atom stereocenters. The van der Waals surface area contributed by atoms with Gasteiger partial charge in [-0.25, -0.2) is 13.2 Å². The molecule has 0 fully saturated rings. The quantitative estimate of drug-likeness (QED) is 0.659. The highest BCUT2D eigenvalue weighted by molar-refractivity contribution is 7.90. The molecule has 13 heavy (non-hydrogen) atoms. The fourth-order valence-corrected chi connectivity index (χ4v) is 1.23. The number of sulfone groups is 1. The van der Waals surface area contributed by atoms with Gasteiger partial charge in [-0.05, 0) is 6.92 Å². The molecule has 5 nitrogen and oxygen atoms in total. The van der Waals surface area contributed by atoms with E-state index < -0.39 is 15.9 Å². The van der Waals surface area contributed by atoms with Gasteiger partial charge in [-0.2, -0.15) is 0 Å². The minimum Gasteiger partial charge on any atom is -0.450 e. The monoisotopic (exact) mass is 209 g/mol. The van der Waals surface area contributed by atoms with Crippen molar-refractivity contribution in [1.29, 1.82) is 0 Å². The summed E-state index contributed by atoms with van der Waals surface area (Å²) in [5.74, 6) is -0.0394. The molecule has 6 heteroatoms. The van der Waals surface area contributed by atoms with Crippen molar-refractivity contribution in [3.05, 3.63) is 0 Å². The summed E-state index contributed by atoms with van der Waals surface area (Å²) in [7, 11) is -1.51. The molecule has 0 aliphatic heterocycles. The van der Waals surface area contributed by atoms with Crippen LogP contribution in [-0.4, -0.2) is 51.6 Å². The number of amides is 1. The zero-order valence-electron chi connectivity index (χ0n) is 8.11. The molecule has 0 N–H and O–H groups in total. The van der Waals surface area contributed by atoms with Crippen LogP contribution in [-0.2, 0) is 14.6 Å². The predicted molar refractivity (Wildman–Crippen MR) is 49.4 cm³/mol. The van der Waals surface area contributed by atoms with Gasteiger partial charge in [0.1, 0.15) is 9.84 Å². The second kappa shape index (κ2) is 5.06. The summed E-state index contributed by atoms with van der Waals surface area (Å²) in [5.41, 5.74) is 0. The van der Waals surface area contributed by atoms with Gasteiger partial charge in [0.2, 0.25) is 0 Å². The van der Waals surface area contributed by atoms with E-state index in [1.165, 1.54) is 11.9 Å². The summed E-state index contributed by atoms with van der Waals surface area (Å²) < 4.78 is 26.1. The van der Waals surface area contributed by atoms with Gasteiger partial charge < -0.3 is 9.64 Å². The lowest BCUT2D eigenvalue weighted by molar-refractivity contribution is 0.118. The molecule has 1 amide bonds. The molecule has 0 aliphatic rings. The first-order valence-corrected chi connectivity index (χ1v) is 5.98. The van der Waals surface area contributed by atoms with Gasteiger partial charge in [-0.3, -0.25) is 0 Å². The van der Waals surface area contributed by atoms with Crippen LogP contribution >= 0.6 is 0 Å². The minimum atomic E-state index is -3.02. The van der Waals surface area contributed by atoms with Gasteiger partial charge in [0.15, 0.2) is 0 Å². The first kappa shape index (κ1) is 12.2. The topological polar surface area (TPSA) is 63.7 Å². The van der Waals surface area contributed by atoms with Gasteiger partial charge >= 0.3 is 6.09 Å². The van der Waals surface area contributed by atoms with E-state index in [1.807, 2.05) is 0 Å². The fraction of sp³-hybridized carbons (Fsp3) is 0.857. The summed E-state index contributed by atoms with van der Waals surface area (Å²) in [4.78, 5) is 12.2. The fourth-order valence-electron chi connectivity index (χ4n) is 0.628. The molecule has 0 saturated carbocycles. The molecule has 0 aromatic rings. The number of rotatable bonds is 4. The Morgan fingerprint density at radius 1 is 1.46 bits per heavy atom. The van der Waals surface area contributed by atoms with Crippen molar-refractivity contribution in [3.63, 3.8) is 0 Å². The molecule has 0 aromatic carbocycles. The molecule has 0 atom stereocenters. The van der Waals surface area contributed by atoms with Gasteiger partial charge in [0.05, 0.1) is 12.4 Å². The van der Waals surface area contributed by atoms with Gasteiger partial charge in [-0.15, -0.1) is 0 Å². The number of hydrogen-bond acceptors (Lipinski definition) is 4. The second-order valence-electron chi connectivity index (χ2n) is 2.75. The maximum Gasteiger partial charge on any atom is 0.409 e. The lowest BCUT2D eigenvalue weighted by atomic mass is 10.6. The highest BCUT2D eigenvalue weighted by Crippen LogP contribution is 1.92. The minimum absolute atomic E-state index is 0.0394. The summed E-state index contributed by atoms with van der Waals surface area (Å²) in [6.45, 7) is 2.15. The Morgan fingerprint density at radius 3 is 2.38 bits per heavy atom. The third-order valence-corrected chi connectivity index (χ3v) is 2.30. The lowest BCUT2D eigenvalue weighted by Crippen LogP contribution is -2.31. The molecule has 0 heterocycles. The first-order chi connectivity index (χ1) is 5.87. The maximum atomic E-state index is 11.0. The standard InChI is InChI=1S/C7H15NO4S/c1-4-12-7(9)8(2)5-6-13(3,10)11/h4-6H2,1-3H3. The number of carbonyl (C=O) groups is 1. The third kappa shape index (κ3) is 6.39. The maximum absolute atomic E-state index is 11.0. The molecule has 0 rings (SSSR count). The van der Waals surface area contributed by atoms with E-state index in [9.17, 15) is 13.2 Å². The smallest absolute Gasteiger partial charge is 0.409 e. The van der Waals surface area contributed by atoms with Crippen LogP contribution in [0.15, 0.2) is 0 Å². The van der Waals surface area contributed by atoms with E-state index in [4.69, 9.17) is 0 Å². The zero-order chi connectivity index (χ0) is 10.5. The molecule has 0 radical (unpaired) electrons. The molecular weight excluding hydrogens is 194 g/mol. The van der Waals surface area contributed by atoms with Crippen LogP contribution in [0.5, 0.6) is 0 Å². The molecule has 0 bridgehead atoms. The van der Waals surface area contributed by atoms with Crippen LogP contribution in [0.3, 0.4) is 0 Å². The van der Waals surface area contributed by atoms with E-state index in [1.54, 1.807) is 6.92 Å². The predicted octanol–water partition coefficient (Wildman–Crippen LogP) is 0.119. The summed E-state index contributed by atoms with van der Waals surface area (Å²) >= 11 is 0.